The average Bonchev–Trinajstić information content (AvgIpc) is 2.25. The Morgan fingerprint density at radius 1 is 1.56 bits per heavy atom. The van der Waals surface area contributed by atoms with E-state index in [4.69, 9.17) is 16.5 Å². The first-order chi connectivity index (χ1) is 7.58. The summed E-state index contributed by atoms with van der Waals surface area (Å²) in [6, 6.07) is 7.61. The molecule has 0 fully saturated rings. The number of hydrogen-bond acceptors (Lipinski definition) is 2. The van der Waals surface area contributed by atoms with E-state index in [0.717, 1.165) is 21.2 Å². The van der Waals surface area contributed by atoms with Crippen LogP contribution in [0.15, 0.2) is 35.4 Å². The largest absolute Gasteiger partial charge is 0.639 e. The zero-order chi connectivity index (χ0) is 12.0. The number of rotatable bonds is 5. The number of thioether (sulfide) groups is 1. The quantitative estimate of drug-likeness (QED) is 0.806. The van der Waals surface area contributed by atoms with Crippen molar-refractivity contribution in [2.45, 2.75) is 12.7 Å². The highest BCUT2D eigenvalue weighted by atomic mass is 35.5. The summed E-state index contributed by atoms with van der Waals surface area (Å²) in [7, 11) is -2.31. The molecule has 0 radical (unpaired) electrons. The summed E-state index contributed by atoms with van der Waals surface area (Å²) in [6.45, 7) is 1.88. The van der Waals surface area contributed by atoms with Crippen LogP contribution in [0.4, 0.5) is 0 Å². The van der Waals surface area contributed by atoms with Gasteiger partial charge in [-0.15, -0.1) is 16.7 Å². The average molecular weight is 277 g/mol. The molecule has 0 saturated heterocycles. The summed E-state index contributed by atoms with van der Waals surface area (Å²) in [5, 5.41) is 3.07. The highest BCUT2D eigenvalue weighted by Gasteiger charge is 2.04. The van der Waals surface area contributed by atoms with Gasteiger partial charge in [0.2, 0.25) is 0 Å². The second-order valence-corrected chi connectivity index (χ2v) is 5.53. The summed E-state index contributed by atoms with van der Waals surface area (Å²) in [5.41, 5.74) is 1.16. The molecular formula is C10H12ClNO2PS+. The number of nitrogens with one attached hydrogen (secondary N) is 1. The lowest BCUT2D eigenvalue weighted by Gasteiger charge is -2.01. The molecule has 86 valence electrons. The molecule has 0 aliphatic carbocycles. The van der Waals surface area contributed by atoms with Gasteiger partial charge in [0, 0.05) is 15.7 Å². The third kappa shape index (κ3) is 5.52. The Bertz CT molecular complexity index is 394. The minimum atomic E-state index is -2.31. The Labute approximate surface area is 105 Å². The zero-order valence-corrected chi connectivity index (χ0v) is 11.1. The van der Waals surface area contributed by atoms with Crippen LogP contribution in [0.1, 0.15) is 12.5 Å². The Morgan fingerprint density at radius 2 is 2.19 bits per heavy atom. The van der Waals surface area contributed by atoms with E-state index in [9.17, 15) is 4.57 Å². The van der Waals surface area contributed by atoms with Gasteiger partial charge in [-0.1, -0.05) is 23.7 Å². The van der Waals surface area contributed by atoms with Crippen LogP contribution < -0.4 is 5.09 Å². The molecule has 1 unspecified atom stereocenters. The van der Waals surface area contributed by atoms with E-state index in [1.807, 2.05) is 31.2 Å². The molecule has 0 aliphatic rings. The van der Waals surface area contributed by atoms with Crippen LogP contribution in [0.2, 0.25) is 5.02 Å². The van der Waals surface area contributed by atoms with Crippen molar-refractivity contribution in [1.82, 2.24) is 5.09 Å². The van der Waals surface area contributed by atoms with Crippen molar-refractivity contribution in [3.63, 3.8) is 0 Å². The van der Waals surface area contributed by atoms with Gasteiger partial charge in [-0.05, 0) is 29.2 Å². The number of allylic oxidation sites excluding steroid dienone is 1. The molecular weight excluding hydrogens is 265 g/mol. The van der Waals surface area contributed by atoms with Crippen LogP contribution in [0, 0.1) is 0 Å². The minimum Gasteiger partial charge on any atom is -0.157 e. The summed E-state index contributed by atoms with van der Waals surface area (Å²) >= 11 is 7.36. The zero-order valence-electron chi connectivity index (χ0n) is 8.68. The first-order valence-electron chi connectivity index (χ1n) is 4.54. The van der Waals surface area contributed by atoms with E-state index in [2.05, 4.69) is 5.09 Å². The van der Waals surface area contributed by atoms with Crippen LogP contribution in [-0.2, 0) is 10.3 Å². The molecule has 0 saturated carbocycles. The Kier molecular flexibility index (Phi) is 5.85. The Morgan fingerprint density at radius 3 is 2.75 bits per heavy atom. The topological polar surface area (TPSA) is 49.3 Å². The van der Waals surface area contributed by atoms with Crippen LogP contribution in [0.3, 0.4) is 0 Å². The molecule has 0 aromatic heterocycles. The van der Waals surface area contributed by atoms with E-state index in [-0.39, 0.29) is 0 Å². The lowest BCUT2D eigenvalue weighted by atomic mass is 10.2. The smallest absolute Gasteiger partial charge is 0.157 e. The minimum absolute atomic E-state index is 0.722. The summed E-state index contributed by atoms with van der Waals surface area (Å²) < 4.78 is 10.4. The van der Waals surface area contributed by atoms with Gasteiger partial charge >= 0.3 is 8.18 Å². The fourth-order valence-corrected chi connectivity index (χ4v) is 2.21. The summed E-state index contributed by atoms with van der Waals surface area (Å²) in [4.78, 5) is 9.50. The molecule has 0 aliphatic heterocycles. The maximum Gasteiger partial charge on any atom is 0.639 e. The van der Waals surface area contributed by atoms with Gasteiger partial charge in [0.25, 0.3) is 0 Å². The standard InChI is InChI=1S/C10H11ClNO2PS/c1-8(6-12-15(13)14)16-7-9-2-4-10(11)5-3-9/h2-6H,7H2,1H3,(H-,12,13,14)/p+1/b8-6+. The molecule has 6 heteroatoms. The van der Waals surface area contributed by atoms with Gasteiger partial charge in [0.15, 0.2) is 0 Å². The maximum atomic E-state index is 10.4. The number of halogens is 1. The summed E-state index contributed by atoms with van der Waals surface area (Å²) in [6.07, 6.45) is 1.54. The van der Waals surface area contributed by atoms with Gasteiger partial charge in [-0.2, -0.15) is 5.09 Å². The molecule has 0 amide bonds. The SMILES string of the molecule is C/C(=C\N[P+](=O)O)SCc1ccc(Cl)cc1. The van der Waals surface area contributed by atoms with Crippen molar-refractivity contribution in [1.29, 1.82) is 0 Å². The molecule has 1 rings (SSSR count). The molecule has 0 bridgehead atoms. The van der Waals surface area contributed by atoms with Crippen LogP contribution >= 0.6 is 31.5 Å². The van der Waals surface area contributed by atoms with Gasteiger partial charge in [0.05, 0.1) is 6.20 Å². The van der Waals surface area contributed by atoms with Crippen molar-refractivity contribution >= 4 is 31.5 Å². The number of hydrogen-bond donors (Lipinski definition) is 2. The van der Waals surface area contributed by atoms with Gasteiger partial charge < -0.3 is 0 Å². The van der Waals surface area contributed by atoms with Gasteiger partial charge in [-0.3, -0.25) is 0 Å². The monoisotopic (exact) mass is 276 g/mol. The molecule has 2 N–H and O–H groups in total. The van der Waals surface area contributed by atoms with Crippen LogP contribution in [-0.4, -0.2) is 4.89 Å². The molecule has 3 nitrogen and oxygen atoms in total. The fourth-order valence-electron chi connectivity index (χ4n) is 0.966. The van der Waals surface area contributed by atoms with Crippen molar-refractivity contribution in [2.24, 2.45) is 0 Å². The molecule has 0 heterocycles. The predicted octanol–water partition coefficient (Wildman–Crippen LogP) is 3.67. The van der Waals surface area contributed by atoms with E-state index >= 15 is 0 Å². The van der Waals surface area contributed by atoms with Gasteiger partial charge in [0.1, 0.15) is 0 Å². The van der Waals surface area contributed by atoms with E-state index < -0.39 is 8.18 Å². The van der Waals surface area contributed by atoms with E-state index in [1.165, 1.54) is 0 Å². The van der Waals surface area contributed by atoms with E-state index in [0.29, 0.717) is 0 Å². The van der Waals surface area contributed by atoms with E-state index in [1.54, 1.807) is 18.0 Å². The van der Waals surface area contributed by atoms with Crippen LogP contribution in [0.5, 0.6) is 0 Å². The maximum absolute atomic E-state index is 10.4. The lowest BCUT2D eigenvalue weighted by molar-refractivity contribution is 0.497. The molecule has 0 spiro atoms. The van der Waals surface area contributed by atoms with Crippen molar-refractivity contribution < 1.29 is 9.46 Å². The first kappa shape index (κ1) is 13.5. The first-order valence-corrected chi connectivity index (χ1v) is 7.12. The second kappa shape index (κ2) is 6.92. The predicted molar refractivity (Wildman–Crippen MR) is 69.5 cm³/mol. The Hall–Kier alpha value is -0.540. The summed E-state index contributed by atoms with van der Waals surface area (Å²) in [5.74, 6) is 0.809. The highest BCUT2D eigenvalue weighted by Crippen LogP contribution is 2.22. The second-order valence-electron chi connectivity index (χ2n) is 3.07. The van der Waals surface area contributed by atoms with Crippen molar-refractivity contribution in [2.75, 3.05) is 0 Å². The van der Waals surface area contributed by atoms with Gasteiger partial charge in [-0.25, -0.2) is 0 Å². The fraction of sp³-hybridized carbons (Fsp3) is 0.200. The molecule has 1 atom stereocenters. The molecule has 1 aromatic rings. The lowest BCUT2D eigenvalue weighted by Crippen LogP contribution is -1.90. The normalized spacial score (nSPS) is 12.4. The third-order valence-corrected chi connectivity index (χ3v) is 3.41. The highest BCUT2D eigenvalue weighted by molar-refractivity contribution is 8.02. The number of benzene rings is 1. The van der Waals surface area contributed by atoms with Crippen molar-refractivity contribution in [3.8, 4) is 0 Å². The molecule has 16 heavy (non-hydrogen) atoms. The van der Waals surface area contributed by atoms with Crippen molar-refractivity contribution in [3.05, 3.63) is 46.0 Å². The van der Waals surface area contributed by atoms with Crippen LogP contribution in [0.25, 0.3) is 0 Å². The third-order valence-electron chi connectivity index (χ3n) is 1.76. The Balaban J connectivity index is 2.42. The molecule has 1 aromatic carbocycles.